The Morgan fingerprint density at radius 3 is 2.58 bits per heavy atom. The summed E-state index contributed by atoms with van der Waals surface area (Å²) < 4.78 is 0. The molecule has 1 atom stereocenters. The van der Waals surface area contributed by atoms with E-state index in [1.165, 1.54) is 31.6 Å². The fourth-order valence-electron chi connectivity index (χ4n) is 1.39. The van der Waals surface area contributed by atoms with Crippen LogP contribution < -0.4 is 5.32 Å². The minimum atomic E-state index is 0.290. The van der Waals surface area contributed by atoms with Crippen LogP contribution in [0.4, 0.5) is 0 Å². The molecule has 1 rings (SSSR count). The topological polar surface area (TPSA) is 12.0 Å². The fourth-order valence-corrected chi connectivity index (χ4v) is 2.63. The number of hydrogen-bond donors (Lipinski definition) is 1. The molecule has 0 aliphatic carbocycles. The molecule has 1 aliphatic rings. The van der Waals surface area contributed by atoms with Crippen LogP contribution in [0.5, 0.6) is 0 Å². The second-order valence-corrected chi connectivity index (χ2v) is 6.03. The summed E-state index contributed by atoms with van der Waals surface area (Å²) in [5, 5.41) is 4.44. The van der Waals surface area contributed by atoms with Gasteiger partial charge in [0.25, 0.3) is 0 Å². The SMILES string of the molecule is CC(C)(C)NCC1CCCCS1. The zero-order valence-electron chi connectivity index (χ0n) is 8.52. The van der Waals surface area contributed by atoms with E-state index in [-0.39, 0.29) is 5.54 Å². The predicted octanol–water partition coefficient (Wildman–Crippen LogP) is 2.66. The number of thioether (sulfide) groups is 1. The molecule has 0 amide bonds. The molecular weight excluding hydrogens is 166 g/mol. The first-order valence-corrected chi connectivity index (χ1v) is 5.99. The first-order valence-electron chi connectivity index (χ1n) is 4.94. The molecular formula is C10H21NS. The van der Waals surface area contributed by atoms with Gasteiger partial charge in [-0.25, -0.2) is 0 Å². The van der Waals surface area contributed by atoms with Gasteiger partial charge >= 0.3 is 0 Å². The van der Waals surface area contributed by atoms with E-state index in [0.29, 0.717) is 0 Å². The lowest BCUT2D eigenvalue weighted by Gasteiger charge is -2.27. The average Bonchev–Trinajstić information content (AvgIpc) is 2.02. The van der Waals surface area contributed by atoms with Gasteiger partial charge in [-0.05, 0) is 39.4 Å². The third kappa shape index (κ3) is 4.36. The Hall–Kier alpha value is 0.310. The van der Waals surface area contributed by atoms with Crippen LogP contribution in [0.2, 0.25) is 0 Å². The fraction of sp³-hybridized carbons (Fsp3) is 1.00. The standard InChI is InChI=1S/C10H21NS/c1-10(2,3)11-8-9-6-4-5-7-12-9/h9,11H,4-8H2,1-3H3. The summed E-state index contributed by atoms with van der Waals surface area (Å²) in [5.74, 6) is 1.37. The summed E-state index contributed by atoms with van der Waals surface area (Å²) in [4.78, 5) is 0. The van der Waals surface area contributed by atoms with Crippen molar-refractivity contribution in [1.82, 2.24) is 5.32 Å². The Bertz CT molecular complexity index is 122. The van der Waals surface area contributed by atoms with Crippen molar-refractivity contribution >= 4 is 11.8 Å². The van der Waals surface area contributed by atoms with Crippen LogP contribution in [0, 0.1) is 0 Å². The Balaban J connectivity index is 2.13. The monoisotopic (exact) mass is 187 g/mol. The maximum Gasteiger partial charge on any atom is 0.0172 e. The Labute approximate surface area is 80.7 Å². The quantitative estimate of drug-likeness (QED) is 0.713. The molecule has 0 aromatic rings. The van der Waals surface area contributed by atoms with Crippen LogP contribution in [0.1, 0.15) is 40.0 Å². The molecule has 0 bridgehead atoms. The molecule has 72 valence electrons. The van der Waals surface area contributed by atoms with Crippen molar-refractivity contribution in [2.24, 2.45) is 0 Å². The van der Waals surface area contributed by atoms with Gasteiger partial charge in [-0.1, -0.05) is 6.42 Å². The molecule has 2 heteroatoms. The molecule has 1 fully saturated rings. The first-order chi connectivity index (χ1) is 5.58. The number of rotatable bonds is 2. The molecule has 0 aromatic heterocycles. The van der Waals surface area contributed by atoms with Gasteiger partial charge in [0, 0.05) is 17.3 Å². The van der Waals surface area contributed by atoms with Crippen LogP contribution in [0.25, 0.3) is 0 Å². The van der Waals surface area contributed by atoms with E-state index in [0.717, 1.165) is 5.25 Å². The van der Waals surface area contributed by atoms with Gasteiger partial charge in [0.1, 0.15) is 0 Å². The van der Waals surface area contributed by atoms with Gasteiger partial charge in [-0.3, -0.25) is 0 Å². The van der Waals surface area contributed by atoms with E-state index in [1.807, 2.05) is 0 Å². The smallest absolute Gasteiger partial charge is 0.0172 e. The molecule has 0 saturated carbocycles. The van der Waals surface area contributed by atoms with Gasteiger partial charge in [0.15, 0.2) is 0 Å². The molecule has 0 radical (unpaired) electrons. The highest BCUT2D eigenvalue weighted by Crippen LogP contribution is 2.24. The second-order valence-electron chi connectivity index (χ2n) is 4.62. The molecule has 12 heavy (non-hydrogen) atoms. The average molecular weight is 187 g/mol. The lowest BCUT2D eigenvalue weighted by molar-refractivity contribution is 0.418. The van der Waals surface area contributed by atoms with Gasteiger partial charge in [0.05, 0.1) is 0 Å². The normalized spacial score (nSPS) is 25.8. The maximum absolute atomic E-state index is 3.57. The molecule has 0 spiro atoms. The summed E-state index contributed by atoms with van der Waals surface area (Å²) in [5.41, 5.74) is 0.290. The summed E-state index contributed by atoms with van der Waals surface area (Å²) in [6.07, 6.45) is 4.27. The van der Waals surface area contributed by atoms with E-state index in [1.54, 1.807) is 0 Å². The Kier molecular flexibility index (Phi) is 3.91. The molecule has 1 heterocycles. The molecule has 1 N–H and O–H groups in total. The van der Waals surface area contributed by atoms with E-state index in [4.69, 9.17) is 0 Å². The zero-order chi connectivity index (χ0) is 9.03. The maximum atomic E-state index is 3.57. The minimum Gasteiger partial charge on any atom is -0.311 e. The first kappa shape index (κ1) is 10.4. The van der Waals surface area contributed by atoms with E-state index in [9.17, 15) is 0 Å². The zero-order valence-corrected chi connectivity index (χ0v) is 9.34. The second kappa shape index (κ2) is 4.52. The highest BCUT2D eigenvalue weighted by atomic mass is 32.2. The molecule has 1 saturated heterocycles. The van der Waals surface area contributed by atoms with Crippen LogP contribution in [0.15, 0.2) is 0 Å². The predicted molar refractivity (Wildman–Crippen MR) is 57.9 cm³/mol. The summed E-state index contributed by atoms with van der Waals surface area (Å²) in [7, 11) is 0. The lowest BCUT2D eigenvalue weighted by Crippen LogP contribution is -2.40. The van der Waals surface area contributed by atoms with E-state index >= 15 is 0 Å². The molecule has 0 aromatic carbocycles. The number of hydrogen-bond acceptors (Lipinski definition) is 2. The molecule has 1 nitrogen and oxygen atoms in total. The minimum absolute atomic E-state index is 0.290. The van der Waals surface area contributed by atoms with Crippen molar-refractivity contribution < 1.29 is 0 Å². The van der Waals surface area contributed by atoms with Crippen molar-refractivity contribution in [3.05, 3.63) is 0 Å². The van der Waals surface area contributed by atoms with Crippen LogP contribution in [-0.2, 0) is 0 Å². The van der Waals surface area contributed by atoms with Crippen LogP contribution in [-0.4, -0.2) is 23.1 Å². The van der Waals surface area contributed by atoms with Crippen molar-refractivity contribution in [3.63, 3.8) is 0 Å². The Morgan fingerprint density at radius 1 is 1.33 bits per heavy atom. The highest BCUT2D eigenvalue weighted by molar-refractivity contribution is 7.99. The third-order valence-corrected chi connectivity index (χ3v) is 3.53. The highest BCUT2D eigenvalue weighted by Gasteiger charge is 2.16. The number of nitrogens with one attached hydrogen (secondary N) is 1. The summed E-state index contributed by atoms with van der Waals surface area (Å²) in [6.45, 7) is 7.90. The molecule has 1 aliphatic heterocycles. The summed E-state index contributed by atoms with van der Waals surface area (Å²) in [6, 6.07) is 0. The third-order valence-electron chi connectivity index (χ3n) is 2.13. The van der Waals surface area contributed by atoms with Gasteiger partial charge in [0.2, 0.25) is 0 Å². The van der Waals surface area contributed by atoms with Crippen LogP contribution in [0.3, 0.4) is 0 Å². The largest absolute Gasteiger partial charge is 0.311 e. The van der Waals surface area contributed by atoms with Gasteiger partial charge in [-0.15, -0.1) is 0 Å². The van der Waals surface area contributed by atoms with E-state index < -0.39 is 0 Å². The molecule has 1 unspecified atom stereocenters. The van der Waals surface area contributed by atoms with Gasteiger partial charge in [-0.2, -0.15) is 11.8 Å². The van der Waals surface area contributed by atoms with Crippen molar-refractivity contribution in [2.75, 3.05) is 12.3 Å². The van der Waals surface area contributed by atoms with Crippen molar-refractivity contribution in [2.45, 2.75) is 50.8 Å². The van der Waals surface area contributed by atoms with Crippen LogP contribution >= 0.6 is 11.8 Å². The van der Waals surface area contributed by atoms with Crippen molar-refractivity contribution in [1.29, 1.82) is 0 Å². The van der Waals surface area contributed by atoms with E-state index in [2.05, 4.69) is 37.8 Å². The summed E-state index contributed by atoms with van der Waals surface area (Å²) >= 11 is 2.14. The van der Waals surface area contributed by atoms with Crippen molar-refractivity contribution in [3.8, 4) is 0 Å². The lowest BCUT2D eigenvalue weighted by atomic mass is 10.1. The van der Waals surface area contributed by atoms with Gasteiger partial charge < -0.3 is 5.32 Å². The Morgan fingerprint density at radius 2 is 2.08 bits per heavy atom.